The fourth-order valence-electron chi connectivity index (χ4n) is 3.04. The second kappa shape index (κ2) is 6.74. The van der Waals surface area contributed by atoms with E-state index in [0.717, 1.165) is 0 Å². The Morgan fingerprint density at radius 2 is 2.16 bits per heavy atom. The van der Waals surface area contributed by atoms with Gasteiger partial charge in [-0.1, -0.05) is 11.6 Å². The highest BCUT2D eigenvalue weighted by molar-refractivity contribution is 6.33. The number of H-pyrrole nitrogens is 1. The summed E-state index contributed by atoms with van der Waals surface area (Å²) in [6, 6.07) is -0.934. The number of hydrogen-bond acceptors (Lipinski definition) is 5. The molecule has 1 aromatic heterocycles. The van der Waals surface area contributed by atoms with Crippen molar-refractivity contribution >= 4 is 23.4 Å². The summed E-state index contributed by atoms with van der Waals surface area (Å²) in [5.41, 5.74) is -0.0995. The van der Waals surface area contributed by atoms with E-state index < -0.39 is 35.9 Å². The average molecular weight is 381 g/mol. The van der Waals surface area contributed by atoms with Crippen molar-refractivity contribution < 1.29 is 22.7 Å². The Labute approximate surface area is 145 Å². The molecule has 0 aromatic carbocycles. The number of amides is 1. The van der Waals surface area contributed by atoms with Gasteiger partial charge in [0.1, 0.15) is 11.1 Å². The number of aromatic nitrogens is 2. The summed E-state index contributed by atoms with van der Waals surface area (Å²) in [5, 5.41) is 8.15. The zero-order chi connectivity index (χ0) is 18.2. The molecule has 2 N–H and O–H groups in total. The molecule has 1 aliphatic heterocycles. The van der Waals surface area contributed by atoms with Crippen LogP contribution in [0.25, 0.3) is 0 Å². The van der Waals surface area contributed by atoms with Gasteiger partial charge >= 0.3 is 12.3 Å². The number of nitrogens with zero attached hydrogens (tertiary/aromatic N) is 2. The molecule has 7 nitrogen and oxygen atoms in total. The summed E-state index contributed by atoms with van der Waals surface area (Å²) in [6.07, 6.45) is -3.51. The Kier molecular flexibility index (Phi) is 4.81. The van der Waals surface area contributed by atoms with Gasteiger partial charge in [0, 0.05) is 19.0 Å². The molecule has 1 saturated heterocycles. The molecule has 25 heavy (non-hydrogen) atoms. The molecule has 0 radical (unpaired) electrons. The van der Waals surface area contributed by atoms with Crippen LogP contribution in [0.2, 0.25) is 5.02 Å². The minimum absolute atomic E-state index is 0.0115. The maximum absolute atomic E-state index is 12.7. The predicted octanol–water partition coefficient (Wildman–Crippen LogP) is 2.07. The topological polar surface area (TPSA) is 87.3 Å². The van der Waals surface area contributed by atoms with Gasteiger partial charge in [-0.3, -0.25) is 4.79 Å². The lowest BCUT2D eigenvalue weighted by atomic mass is 9.79. The number of nitrogens with one attached hydrogen (secondary N) is 2. The van der Waals surface area contributed by atoms with E-state index in [-0.39, 0.29) is 24.4 Å². The molecule has 2 fully saturated rings. The molecule has 2 aliphatic rings. The van der Waals surface area contributed by atoms with E-state index in [2.05, 4.69) is 15.5 Å². The highest BCUT2D eigenvalue weighted by Gasteiger charge is 2.50. The van der Waals surface area contributed by atoms with Crippen LogP contribution in [-0.2, 0) is 4.74 Å². The Bertz CT molecular complexity index is 711. The van der Waals surface area contributed by atoms with Gasteiger partial charge in [0.2, 0.25) is 0 Å². The van der Waals surface area contributed by atoms with Gasteiger partial charge in [-0.15, -0.1) is 0 Å². The summed E-state index contributed by atoms with van der Waals surface area (Å²) < 4.78 is 43.2. The first kappa shape index (κ1) is 17.8. The van der Waals surface area contributed by atoms with E-state index in [9.17, 15) is 22.8 Å². The van der Waals surface area contributed by atoms with Crippen LogP contribution < -0.4 is 15.8 Å². The molecule has 138 valence electrons. The number of ether oxygens (including phenoxy) is 1. The minimum atomic E-state index is -4.32. The minimum Gasteiger partial charge on any atom is -0.444 e. The average Bonchev–Trinajstić information content (AvgIpc) is 2.93. The smallest absolute Gasteiger partial charge is 0.407 e. The molecule has 3 rings (SSSR count). The lowest BCUT2D eigenvalue weighted by Crippen LogP contribution is -2.53. The normalized spacial score (nSPS) is 26.2. The Hall–Kier alpha value is -1.97. The Morgan fingerprint density at radius 1 is 1.40 bits per heavy atom. The number of alkyl carbamates (subject to hydrolysis) is 1. The van der Waals surface area contributed by atoms with E-state index in [1.165, 1.54) is 6.20 Å². The third-order valence-electron chi connectivity index (χ3n) is 4.53. The van der Waals surface area contributed by atoms with Crippen molar-refractivity contribution in [3.8, 4) is 0 Å². The summed E-state index contributed by atoms with van der Waals surface area (Å²) in [7, 11) is 0. The summed E-state index contributed by atoms with van der Waals surface area (Å²) in [4.78, 5) is 25.0. The number of carbonyl (C=O) groups is 1. The first-order valence-corrected chi connectivity index (χ1v) is 8.15. The first-order valence-electron chi connectivity index (χ1n) is 7.77. The molecule has 1 aliphatic carbocycles. The fraction of sp³-hybridized carbons (Fsp3) is 0.643. The van der Waals surface area contributed by atoms with Crippen LogP contribution in [0.3, 0.4) is 0 Å². The van der Waals surface area contributed by atoms with Gasteiger partial charge < -0.3 is 15.0 Å². The van der Waals surface area contributed by atoms with Gasteiger partial charge in [0.05, 0.1) is 24.3 Å². The summed E-state index contributed by atoms with van der Waals surface area (Å²) in [5.74, 6) is -1.51. The maximum Gasteiger partial charge on any atom is 0.407 e. The fourth-order valence-corrected chi connectivity index (χ4v) is 3.25. The van der Waals surface area contributed by atoms with Gasteiger partial charge in [-0.2, -0.15) is 18.3 Å². The highest BCUT2D eigenvalue weighted by atomic mass is 35.5. The number of anilines is 1. The largest absolute Gasteiger partial charge is 0.444 e. The quantitative estimate of drug-likeness (QED) is 0.838. The van der Waals surface area contributed by atoms with Crippen molar-refractivity contribution in [2.75, 3.05) is 18.0 Å². The van der Waals surface area contributed by atoms with Gasteiger partial charge in [0.15, 0.2) is 0 Å². The monoisotopic (exact) mass is 380 g/mol. The number of halogens is 4. The third-order valence-corrected chi connectivity index (χ3v) is 4.90. The number of aromatic amines is 1. The zero-order valence-electron chi connectivity index (χ0n) is 13.0. The summed E-state index contributed by atoms with van der Waals surface area (Å²) in [6.45, 7) is 0.767. The van der Waals surface area contributed by atoms with Gasteiger partial charge in [-0.05, 0) is 12.8 Å². The van der Waals surface area contributed by atoms with Gasteiger partial charge in [-0.25, -0.2) is 9.89 Å². The molecule has 3 atom stereocenters. The molecule has 0 spiro atoms. The number of rotatable bonds is 3. The van der Waals surface area contributed by atoms with E-state index in [0.29, 0.717) is 18.7 Å². The Balaban J connectivity index is 1.52. The molecule has 2 heterocycles. The van der Waals surface area contributed by atoms with E-state index in [4.69, 9.17) is 16.3 Å². The lowest BCUT2D eigenvalue weighted by Gasteiger charge is -2.37. The van der Waals surface area contributed by atoms with Crippen molar-refractivity contribution in [3.05, 3.63) is 21.6 Å². The van der Waals surface area contributed by atoms with Crippen molar-refractivity contribution in [2.24, 2.45) is 5.92 Å². The molecular weight excluding hydrogens is 365 g/mol. The standard InChI is InChI=1S/C14H16ClF3N4O3/c15-11-10(5-19-21-12(11)23)22-4-3-7(6-22)25-13(24)20-9-2-1-8(9)14(16,17)18/h5,7-9H,1-4,6H2,(H,20,24)(H,21,23)/t7-,8?,9-/m1/s1. The van der Waals surface area contributed by atoms with Crippen LogP contribution in [-0.4, -0.2) is 47.7 Å². The van der Waals surface area contributed by atoms with E-state index in [1.54, 1.807) is 4.90 Å². The van der Waals surface area contributed by atoms with E-state index in [1.807, 2.05) is 0 Å². The van der Waals surface area contributed by atoms with Crippen molar-refractivity contribution in [2.45, 2.75) is 37.6 Å². The molecule has 1 amide bonds. The highest BCUT2D eigenvalue weighted by Crippen LogP contribution is 2.41. The van der Waals surface area contributed by atoms with Crippen LogP contribution in [0.5, 0.6) is 0 Å². The van der Waals surface area contributed by atoms with Crippen molar-refractivity contribution in [3.63, 3.8) is 0 Å². The van der Waals surface area contributed by atoms with Crippen LogP contribution in [0.15, 0.2) is 11.0 Å². The summed E-state index contributed by atoms with van der Waals surface area (Å²) >= 11 is 5.93. The second-order valence-corrected chi connectivity index (χ2v) is 6.51. The second-order valence-electron chi connectivity index (χ2n) is 6.14. The number of carbonyl (C=O) groups excluding carboxylic acids is 1. The van der Waals surface area contributed by atoms with Crippen LogP contribution in [0.1, 0.15) is 19.3 Å². The molecule has 0 bridgehead atoms. The molecule has 1 unspecified atom stereocenters. The van der Waals surface area contributed by atoms with Crippen LogP contribution in [0, 0.1) is 5.92 Å². The number of hydrogen-bond donors (Lipinski definition) is 2. The first-order chi connectivity index (χ1) is 11.8. The molecule has 1 aromatic rings. The molecular formula is C14H16ClF3N4O3. The van der Waals surface area contributed by atoms with Crippen LogP contribution >= 0.6 is 11.6 Å². The lowest BCUT2D eigenvalue weighted by molar-refractivity contribution is -0.202. The van der Waals surface area contributed by atoms with Gasteiger partial charge in [0.25, 0.3) is 5.56 Å². The van der Waals surface area contributed by atoms with Crippen LogP contribution in [0.4, 0.5) is 23.7 Å². The van der Waals surface area contributed by atoms with Crippen molar-refractivity contribution in [1.82, 2.24) is 15.5 Å². The maximum atomic E-state index is 12.7. The van der Waals surface area contributed by atoms with Crippen molar-refractivity contribution in [1.29, 1.82) is 0 Å². The SMILES string of the molecule is O=C(N[C@@H]1CCC1C(F)(F)F)O[C@@H]1CCN(c2cn[nH]c(=O)c2Cl)C1. The number of alkyl halides is 3. The molecule has 1 saturated carbocycles. The van der Waals surface area contributed by atoms with E-state index >= 15 is 0 Å². The third kappa shape index (κ3) is 3.83. The Morgan fingerprint density at radius 3 is 2.80 bits per heavy atom. The molecule has 11 heteroatoms. The zero-order valence-corrected chi connectivity index (χ0v) is 13.7. The predicted molar refractivity (Wildman–Crippen MR) is 82.7 cm³/mol.